The fourth-order valence-electron chi connectivity index (χ4n) is 3.00. The van der Waals surface area contributed by atoms with Crippen molar-refractivity contribution in [2.75, 3.05) is 35.4 Å². The molecule has 0 radical (unpaired) electrons. The summed E-state index contributed by atoms with van der Waals surface area (Å²) in [5, 5.41) is 5.31. The average molecular weight is 526 g/mol. The molecule has 0 bridgehead atoms. The minimum Gasteiger partial charge on any atom is -0.495 e. The highest BCUT2D eigenvalue weighted by atomic mass is 32.2. The molecule has 2 aromatic heterocycles. The first-order valence-electron chi connectivity index (χ1n) is 10.2. The van der Waals surface area contributed by atoms with Crippen molar-refractivity contribution >= 4 is 39.1 Å². The number of ether oxygens (including phenoxy) is 1. The van der Waals surface area contributed by atoms with Gasteiger partial charge in [-0.15, -0.1) is 0 Å². The second kappa shape index (κ2) is 10.3. The number of halogens is 3. The number of methoxy groups -OCH3 is 1. The van der Waals surface area contributed by atoms with E-state index in [-0.39, 0.29) is 35.5 Å². The van der Waals surface area contributed by atoms with Gasteiger partial charge in [-0.05, 0) is 25.1 Å². The van der Waals surface area contributed by atoms with E-state index in [9.17, 15) is 26.4 Å². The van der Waals surface area contributed by atoms with Crippen molar-refractivity contribution in [2.24, 2.45) is 0 Å². The van der Waals surface area contributed by atoms with Crippen LogP contribution in [-0.4, -0.2) is 54.6 Å². The summed E-state index contributed by atoms with van der Waals surface area (Å²) in [5.74, 6) is -0.766. The van der Waals surface area contributed by atoms with Gasteiger partial charge in [0.1, 0.15) is 22.8 Å². The minimum atomic E-state index is -4.79. The fraction of sp³-hybridized carbons (Fsp3) is 0.286. The second-order valence-electron chi connectivity index (χ2n) is 7.46. The smallest absolute Gasteiger partial charge is 0.421 e. The largest absolute Gasteiger partial charge is 0.495 e. The lowest BCUT2D eigenvalue weighted by atomic mass is 10.1. The van der Waals surface area contributed by atoms with Gasteiger partial charge in [0.25, 0.3) is 0 Å². The van der Waals surface area contributed by atoms with Gasteiger partial charge in [-0.2, -0.15) is 18.2 Å². The normalized spacial score (nSPS) is 11.6. The predicted molar refractivity (Wildman–Crippen MR) is 126 cm³/mol. The van der Waals surface area contributed by atoms with Crippen molar-refractivity contribution in [2.45, 2.75) is 19.6 Å². The van der Waals surface area contributed by atoms with Crippen LogP contribution in [0.2, 0.25) is 0 Å². The van der Waals surface area contributed by atoms with Crippen LogP contribution in [-0.2, 0) is 22.7 Å². The third-order valence-electron chi connectivity index (χ3n) is 4.92. The summed E-state index contributed by atoms with van der Waals surface area (Å²) in [4.78, 5) is 27.4. The molecule has 0 amide bonds. The molecule has 3 aromatic rings. The van der Waals surface area contributed by atoms with E-state index in [2.05, 4.69) is 30.6 Å². The first-order chi connectivity index (χ1) is 16.8. The fourth-order valence-corrected chi connectivity index (χ4v) is 3.47. The Hall–Kier alpha value is -4.01. The van der Waals surface area contributed by atoms with Crippen molar-refractivity contribution < 1.29 is 31.1 Å². The van der Waals surface area contributed by atoms with E-state index in [0.717, 1.165) is 10.6 Å². The zero-order valence-electron chi connectivity index (χ0n) is 19.6. The Balaban J connectivity index is 1.97. The number of ketones is 1. The van der Waals surface area contributed by atoms with Gasteiger partial charge in [0, 0.05) is 31.2 Å². The van der Waals surface area contributed by atoms with Crippen LogP contribution in [0.5, 0.6) is 5.75 Å². The molecule has 0 atom stereocenters. The standard InChI is InChI=1S/C21H22F3N7O4S/c1-12(32)13-5-6-17(35-3)15(9-13)29-20-28-10-14(21(22,23)24)18(30-20)27-11-16-19(26-8-7-25-16)31(2)36(4,33)34/h5-10H,11H2,1-4H3,(H2,27,28,29,30). The van der Waals surface area contributed by atoms with Crippen molar-refractivity contribution in [1.29, 1.82) is 0 Å². The molecule has 0 aliphatic rings. The summed E-state index contributed by atoms with van der Waals surface area (Å²) in [7, 11) is -1.06. The summed E-state index contributed by atoms with van der Waals surface area (Å²) >= 11 is 0. The molecule has 36 heavy (non-hydrogen) atoms. The summed E-state index contributed by atoms with van der Waals surface area (Å²) in [6.07, 6.45) is -0.696. The summed E-state index contributed by atoms with van der Waals surface area (Å²) < 4.78 is 70.8. The lowest BCUT2D eigenvalue weighted by Gasteiger charge is -2.19. The number of sulfonamides is 1. The minimum absolute atomic E-state index is 0.0563. The topological polar surface area (TPSA) is 139 Å². The van der Waals surface area contributed by atoms with E-state index >= 15 is 0 Å². The highest BCUT2D eigenvalue weighted by Gasteiger charge is 2.35. The molecule has 2 heterocycles. The van der Waals surface area contributed by atoms with Crippen LogP contribution in [0.4, 0.5) is 36.4 Å². The van der Waals surface area contributed by atoms with Gasteiger partial charge in [-0.25, -0.2) is 18.4 Å². The maximum Gasteiger partial charge on any atom is 0.421 e. The second-order valence-corrected chi connectivity index (χ2v) is 9.47. The zero-order valence-corrected chi connectivity index (χ0v) is 20.4. The number of Topliss-reactive ketones (excluding diaryl/α,β-unsaturated/α-hetero) is 1. The van der Waals surface area contributed by atoms with Crippen molar-refractivity contribution in [3.05, 3.63) is 53.6 Å². The predicted octanol–water partition coefficient (Wildman–Crippen LogP) is 3.25. The Morgan fingerprint density at radius 1 is 1.17 bits per heavy atom. The lowest BCUT2D eigenvalue weighted by molar-refractivity contribution is -0.137. The van der Waals surface area contributed by atoms with Crippen molar-refractivity contribution in [3.8, 4) is 5.75 Å². The molecule has 0 aliphatic carbocycles. The highest BCUT2D eigenvalue weighted by Crippen LogP contribution is 2.35. The number of nitrogens with one attached hydrogen (secondary N) is 2. The third kappa shape index (κ3) is 6.16. The Morgan fingerprint density at radius 3 is 2.47 bits per heavy atom. The number of rotatable bonds is 9. The summed E-state index contributed by atoms with van der Waals surface area (Å²) in [6.45, 7) is 1.04. The molecule has 0 aliphatic heterocycles. The molecular formula is C21H22F3N7O4S. The van der Waals surface area contributed by atoms with Crippen molar-refractivity contribution in [3.63, 3.8) is 0 Å². The number of hydrogen-bond acceptors (Lipinski definition) is 10. The average Bonchev–Trinajstić information content (AvgIpc) is 2.81. The quantitative estimate of drug-likeness (QED) is 0.400. The molecule has 11 nitrogen and oxygen atoms in total. The summed E-state index contributed by atoms with van der Waals surface area (Å²) in [5.41, 5.74) is -0.474. The van der Waals surface area contributed by atoms with Gasteiger partial charge in [-0.1, -0.05) is 0 Å². The third-order valence-corrected chi connectivity index (χ3v) is 6.09. The number of aromatic nitrogens is 4. The number of alkyl halides is 3. The van der Waals surface area contributed by atoms with E-state index < -0.39 is 27.6 Å². The van der Waals surface area contributed by atoms with E-state index in [0.29, 0.717) is 17.5 Å². The Kier molecular flexibility index (Phi) is 7.62. The molecule has 0 fully saturated rings. The van der Waals surface area contributed by atoms with Crippen LogP contribution >= 0.6 is 0 Å². The van der Waals surface area contributed by atoms with E-state index in [1.807, 2.05) is 0 Å². The number of nitrogens with zero attached hydrogens (tertiary/aromatic N) is 5. The number of hydrogen-bond donors (Lipinski definition) is 2. The number of carbonyl (C=O) groups is 1. The SMILES string of the molecule is COc1ccc(C(C)=O)cc1Nc1ncc(C(F)(F)F)c(NCc2nccnc2N(C)S(C)(=O)=O)n1. The highest BCUT2D eigenvalue weighted by molar-refractivity contribution is 7.92. The number of benzene rings is 1. The Bertz CT molecular complexity index is 1380. The van der Waals surface area contributed by atoms with Crippen LogP contribution in [0.25, 0.3) is 0 Å². The molecule has 2 N–H and O–H groups in total. The maximum atomic E-state index is 13.6. The van der Waals surface area contributed by atoms with Gasteiger partial charge in [0.05, 0.1) is 25.6 Å². The summed E-state index contributed by atoms with van der Waals surface area (Å²) in [6, 6.07) is 4.53. The van der Waals surface area contributed by atoms with Gasteiger partial charge < -0.3 is 15.4 Å². The van der Waals surface area contributed by atoms with E-state index in [1.54, 1.807) is 6.07 Å². The van der Waals surface area contributed by atoms with Crippen molar-refractivity contribution in [1.82, 2.24) is 19.9 Å². The maximum absolute atomic E-state index is 13.6. The molecule has 192 valence electrons. The zero-order chi connectivity index (χ0) is 26.7. The van der Waals surface area contributed by atoms with Gasteiger partial charge in [0.2, 0.25) is 16.0 Å². The molecule has 0 unspecified atom stereocenters. The van der Waals surface area contributed by atoms with Gasteiger partial charge in [0.15, 0.2) is 11.6 Å². The van der Waals surface area contributed by atoms with Crippen LogP contribution in [0.15, 0.2) is 36.8 Å². The van der Waals surface area contributed by atoms with Gasteiger partial charge >= 0.3 is 6.18 Å². The first-order valence-corrected chi connectivity index (χ1v) is 12.0. The molecule has 1 aromatic carbocycles. The number of anilines is 4. The molecule has 0 saturated heterocycles. The van der Waals surface area contributed by atoms with Crippen LogP contribution in [0.1, 0.15) is 28.5 Å². The molecule has 0 saturated carbocycles. The molecule has 0 spiro atoms. The molecule has 15 heteroatoms. The van der Waals surface area contributed by atoms with E-state index in [4.69, 9.17) is 4.74 Å². The monoisotopic (exact) mass is 525 g/mol. The van der Waals surface area contributed by atoms with Gasteiger partial charge in [-0.3, -0.25) is 14.1 Å². The first kappa shape index (κ1) is 26.6. The van der Waals surface area contributed by atoms with Crippen LogP contribution < -0.4 is 19.7 Å². The van der Waals surface area contributed by atoms with Crippen LogP contribution in [0.3, 0.4) is 0 Å². The Labute approximate surface area is 204 Å². The Morgan fingerprint density at radius 2 is 1.86 bits per heavy atom. The lowest BCUT2D eigenvalue weighted by Crippen LogP contribution is -2.27. The number of carbonyl (C=O) groups excluding carboxylic acids is 1. The molecule has 3 rings (SSSR count). The molecular weight excluding hydrogens is 503 g/mol. The van der Waals surface area contributed by atoms with E-state index in [1.165, 1.54) is 45.6 Å². The van der Waals surface area contributed by atoms with Crippen LogP contribution in [0, 0.1) is 0 Å².